The quantitative estimate of drug-likeness (QED) is 0.742. The molecule has 1 aromatic heterocycles. The summed E-state index contributed by atoms with van der Waals surface area (Å²) in [5.74, 6) is -0.918. The fourth-order valence-electron chi connectivity index (χ4n) is 1.69. The minimum Gasteiger partial charge on any atom is -0.478 e. The number of rotatable bonds is 1. The second-order valence-corrected chi connectivity index (χ2v) is 3.22. The molecule has 0 bridgehead atoms. The van der Waals surface area contributed by atoms with Crippen molar-refractivity contribution in [1.29, 1.82) is 0 Å². The Morgan fingerprint density at radius 2 is 2.21 bits per heavy atom. The number of nitrogens with zero attached hydrogens (tertiary/aromatic N) is 2. The second kappa shape index (κ2) is 2.83. The summed E-state index contributed by atoms with van der Waals surface area (Å²) in [6.45, 7) is 1.87. The Morgan fingerprint density at radius 1 is 1.50 bits per heavy atom. The van der Waals surface area contributed by atoms with E-state index in [1.54, 1.807) is 23.9 Å². The molecular weight excluding hydrogens is 180 g/mol. The number of carboxylic acid groups (broad SMARTS) is 1. The number of fused-ring (bicyclic) bond motifs is 1. The molecule has 2 rings (SSSR count). The SMILES string of the molecule is Cc1nn(C)c2c(C(=O)O)cccc12. The lowest BCUT2D eigenvalue weighted by atomic mass is 10.1. The zero-order valence-corrected chi connectivity index (χ0v) is 7.98. The van der Waals surface area contributed by atoms with Crippen molar-refractivity contribution in [3.8, 4) is 0 Å². The smallest absolute Gasteiger partial charge is 0.337 e. The van der Waals surface area contributed by atoms with Crippen LogP contribution in [0.4, 0.5) is 0 Å². The summed E-state index contributed by atoms with van der Waals surface area (Å²) in [6.07, 6.45) is 0. The Kier molecular flexibility index (Phi) is 1.77. The molecule has 4 heteroatoms. The summed E-state index contributed by atoms with van der Waals surface area (Å²) in [7, 11) is 1.75. The average Bonchev–Trinajstić information content (AvgIpc) is 2.43. The number of aryl methyl sites for hydroxylation is 2. The predicted molar refractivity (Wildman–Crippen MR) is 52.4 cm³/mol. The molecule has 0 radical (unpaired) electrons. The van der Waals surface area contributed by atoms with Crippen LogP contribution < -0.4 is 0 Å². The Balaban J connectivity index is 2.92. The first-order valence-electron chi connectivity index (χ1n) is 4.27. The molecule has 0 aliphatic rings. The van der Waals surface area contributed by atoms with E-state index in [4.69, 9.17) is 5.11 Å². The van der Waals surface area contributed by atoms with Gasteiger partial charge < -0.3 is 5.11 Å². The second-order valence-electron chi connectivity index (χ2n) is 3.22. The van der Waals surface area contributed by atoms with E-state index in [-0.39, 0.29) is 0 Å². The largest absolute Gasteiger partial charge is 0.478 e. The molecule has 1 aromatic carbocycles. The predicted octanol–water partition coefficient (Wildman–Crippen LogP) is 1.58. The first-order valence-corrected chi connectivity index (χ1v) is 4.27. The Hall–Kier alpha value is -1.84. The highest BCUT2D eigenvalue weighted by molar-refractivity contribution is 6.02. The lowest BCUT2D eigenvalue weighted by molar-refractivity contribution is 0.0698. The zero-order chi connectivity index (χ0) is 10.3. The van der Waals surface area contributed by atoms with Crippen LogP contribution in [0.3, 0.4) is 0 Å². The number of hydrogen-bond donors (Lipinski definition) is 1. The summed E-state index contributed by atoms with van der Waals surface area (Å²) in [4.78, 5) is 10.9. The molecule has 0 saturated carbocycles. The van der Waals surface area contributed by atoms with Crippen LogP contribution in [0.5, 0.6) is 0 Å². The number of para-hydroxylation sites is 1. The van der Waals surface area contributed by atoms with E-state index in [1.807, 2.05) is 13.0 Å². The van der Waals surface area contributed by atoms with E-state index in [9.17, 15) is 4.79 Å². The lowest BCUT2D eigenvalue weighted by Crippen LogP contribution is -2.00. The standard InChI is InChI=1S/C10H10N2O2/c1-6-7-4-3-5-8(10(13)14)9(7)12(2)11-6/h3-5H,1-2H3,(H,13,14). The first-order chi connectivity index (χ1) is 6.61. The molecule has 1 N–H and O–H groups in total. The molecule has 4 nitrogen and oxygen atoms in total. The van der Waals surface area contributed by atoms with Gasteiger partial charge in [0.2, 0.25) is 0 Å². The Morgan fingerprint density at radius 3 is 2.86 bits per heavy atom. The third-order valence-electron chi connectivity index (χ3n) is 2.28. The van der Waals surface area contributed by atoms with Gasteiger partial charge in [-0.2, -0.15) is 5.10 Å². The molecule has 0 atom stereocenters. The molecule has 0 aliphatic heterocycles. The first kappa shape index (κ1) is 8.74. The molecule has 2 aromatic rings. The molecule has 0 unspecified atom stereocenters. The molecule has 0 aliphatic carbocycles. The zero-order valence-electron chi connectivity index (χ0n) is 7.98. The molecule has 0 spiro atoms. The van der Waals surface area contributed by atoms with Crippen LogP contribution in [-0.4, -0.2) is 20.9 Å². The minimum atomic E-state index is -0.918. The Bertz CT molecular complexity index is 514. The monoisotopic (exact) mass is 190 g/mol. The van der Waals surface area contributed by atoms with Crippen molar-refractivity contribution < 1.29 is 9.90 Å². The van der Waals surface area contributed by atoms with Crippen molar-refractivity contribution in [2.75, 3.05) is 0 Å². The van der Waals surface area contributed by atoms with Crippen molar-refractivity contribution in [2.45, 2.75) is 6.92 Å². The topological polar surface area (TPSA) is 55.1 Å². The number of hydrogen-bond acceptors (Lipinski definition) is 2. The van der Waals surface area contributed by atoms with Gasteiger partial charge in [-0.3, -0.25) is 4.68 Å². The van der Waals surface area contributed by atoms with Crippen molar-refractivity contribution in [3.63, 3.8) is 0 Å². The van der Waals surface area contributed by atoms with Gasteiger partial charge in [0.1, 0.15) is 0 Å². The van der Waals surface area contributed by atoms with Gasteiger partial charge in [0, 0.05) is 12.4 Å². The molecule has 0 saturated heterocycles. The summed E-state index contributed by atoms with van der Waals surface area (Å²) in [5.41, 5.74) is 1.83. The van der Waals surface area contributed by atoms with Crippen LogP contribution in [0.15, 0.2) is 18.2 Å². The van der Waals surface area contributed by atoms with E-state index >= 15 is 0 Å². The maximum atomic E-state index is 10.9. The van der Waals surface area contributed by atoms with Gasteiger partial charge in [-0.25, -0.2) is 4.79 Å². The van der Waals surface area contributed by atoms with Gasteiger partial charge in [0.05, 0.1) is 16.8 Å². The number of aromatic carboxylic acids is 1. The van der Waals surface area contributed by atoms with E-state index in [1.165, 1.54) is 0 Å². The summed E-state index contributed by atoms with van der Waals surface area (Å²) in [5, 5.41) is 14.1. The van der Waals surface area contributed by atoms with E-state index in [0.29, 0.717) is 11.1 Å². The fraction of sp³-hybridized carbons (Fsp3) is 0.200. The highest BCUT2D eigenvalue weighted by Crippen LogP contribution is 2.20. The number of benzene rings is 1. The van der Waals surface area contributed by atoms with Crippen LogP contribution in [0.2, 0.25) is 0 Å². The van der Waals surface area contributed by atoms with Gasteiger partial charge in [0.15, 0.2) is 0 Å². The van der Waals surface area contributed by atoms with E-state index in [0.717, 1.165) is 11.1 Å². The summed E-state index contributed by atoms with van der Waals surface area (Å²) >= 11 is 0. The van der Waals surface area contributed by atoms with Gasteiger partial charge in [-0.15, -0.1) is 0 Å². The molecule has 0 fully saturated rings. The van der Waals surface area contributed by atoms with E-state index in [2.05, 4.69) is 5.10 Å². The number of carboxylic acids is 1. The third kappa shape index (κ3) is 1.08. The summed E-state index contributed by atoms with van der Waals surface area (Å²) in [6, 6.07) is 5.20. The summed E-state index contributed by atoms with van der Waals surface area (Å²) < 4.78 is 1.61. The van der Waals surface area contributed by atoms with Gasteiger partial charge in [-0.05, 0) is 13.0 Å². The van der Waals surface area contributed by atoms with Crippen LogP contribution >= 0.6 is 0 Å². The van der Waals surface area contributed by atoms with Crippen molar-refractivity contribution in [3.05, 3.63) is 29.5 Å². The van der Waals surface area contributed by atoms with Crippen molar-refractivity contribution in [1.82, 2.24) is 9.78 Å². The Labute approximate surface area is 80.8 Å². The highest BCUT2D eigenvalue weighted by atomic mass is 16.4. The highest BCUT2D eigenvalue weighted by Gasteiger charge is 2.13. The number of aromatic nitrogens is 2. The fourth-order valence-corrected chi connectivity index (χ4v) is 1.69. The van der Waals surface area contributed by atoms with Gasteiger partial charge in [-0.1, -0.05) is 12.1 Å². The lowest BCUT2D eigenvalue weighted by Gasteiger charge is -1.98. The van der Waals surface area contributed by atoms with Gasteiger partial charge in [0.25, 0.3) is 0 Å². The normalized spacial score (nSPS) is 10.7. The van der Waals surface area contributed by atoms with Crippen LogP contribution in [0.1, 0.15) is 16.1 Å². The molecule has 14 heavy (non-hydrogen) atoms. The van der Waals surface area contributed by atoms with Crippen molar-refractivity contribution in [2.24, 2.45) is 7.05 Å². The minimum absolute atomic E-state index is 0.297. The van der Waals surface area contributed by atoms with Crippen LogP contribution in [0, 0.1) is 6.92 Å². The molecule has 1 heterocycles. The van der Waals surface area contributed by atoms with Crippen molar-refractivity contribution >= 4 is 16.9 Å². The average molecular weight is 190 g/mol. The van der Waals surface area contributed by atoms with Gasteiger partial charge >= 0.3 is 5.97 Å². The van der Waals surface area contributed by atoms with Crippen LogP contribution in [0.25, 0.3) is 10.9 Å². The third-order valence-corrected chi connectivity index (χ3v) is 2.28. The molecule has 0 amide bonds. The molecule has 72 valence electrons. The number of carbonyl (C=O) groups is 1. The van der Waals surface area contributed by atoms with E-state index < -0.39 is 5.97 Å². The maximum absolute atomic E-state index is 10.9. The molecular formula is C10H10N2O2. The van der Waals surface area contributed by atoms with Crippen LogP contribution in [-0.2, 0) is 7.05 Å². The maximum Gasteiger partial charge on any atom is 0.337 e.